The van der Waals surface area contributed by atoms with Gasteiger partial charge in [0.05, 0.1) is 13.0 Å². The van der Waals surface area contributed by atoms with Crippen LogP contribution < -0.4 is 16.8 Å². The zero-order valence-electron chi connectivity index (χ0n) is 22.4. The van der Waals surface area contributed by atoms with Gasteiger partial charge in [0, 0.05) is 24.7 Å². The van der Waals surface area contributed by atoms with Gasteiger partial charge in [-0.3, -0.25) is 14.4 Å². The van der Waals surface area contributed by atoms with E-state index in [0.717, 1.165) is 42.0 Å². The van der Waals surface area contributed by atoms with Gasteiger partial charge in [0.2, 0.25) is 11.8 Å². The van der Waals surface area contributed by atoms with E-state index in [0.29, 0.717) is 57.1 Å². The predicted octanol–water partition coefficient (Wildman–Crippen LogP) is 3.44. The maximum atomic E-state index is 13.9. The van der Waals surface area contributed by atoms with Crippen LogP contribution in [-0.2, 0) is 25.7 Å². The highest BCUT2D eigenvalue weighted by Crippen LogP contribution is 2.34. The fourth-order valence-corrected chi connectivity index (χ4v) is 5.90. The van der Waals surface area contributed by atoms with Gasteiger partial charge < -0.3 is 26.4 Å². The van der Waals surface area contributed by atoms with E-state index in [1.807, 2.05) is 31.2 Å². The molecular weight excluding hydrogens is 482 g/mol. The number of fused-ring (bicyclic) bond motifs is 1. The Morgan fingerprint density at radius 2 is 1.92 bits per heavy atom. The lowest BCUT2D eigenvalue weighted by Gasteiger charge is -2.37. The molecule has 2 fully saturated rings. The maximum Gasteiger partial charge on any atom is 0.308 e. The second-order valence-electron chi connectivity index (χ2n) is 10.9. The number of nitrogens with zero attached hydrogens (tertiary/aromatic N) is 2. The standard InChI is InChI=1S/C29H41N5O4/c1-2-15-38-25(35)18-29(31,17-20-7-4-3-5-8-20)28(37)34-14-6-9-24(34)27(36)33-19-21-10-11-23-22(16-21)12-13-32-26(23)30/h10-13,16,20,24H,2-9,14-15,17-19,31H2,1H3,(H2,30,32)(H,33,36)/t24-,29+/m0/s1. The van der Waals surface area contributed by atoms with Crippen molar-refractivity contribution < 1.29 is 19.1 Å². The zero-order chi connectivity index (χ0) is 27.1. The minimum absolute atomic E-state index is 0.164. The number of nitrogens with two attached hydrogens (primary N) is 2. The van der Waals surface area contributed by atoms with Crippen LogP contribution in [0.2, 0.25) is 0 Å². The second kappa shape index (κ2) is 12.6. The van der Waals surface area contributed by atoms with Gasteiger partial charge in [-0.15, -0.1) is 0 Å². The molecule has 2 heterocycles. The van der Waals surface area contributed by atoms with Crippen molar-refractivity contribution in [2.45, 2.75) is 89.3 Å². The number of rotatable bonds is 10. The normalized spacial score (nSPS) is 19.7. The Morgan fingerprint density at radius 1 is 1.13 bits per heavy atom. The third-order valence-corrected chi connectivity index (χ3v) is 7.87. The van der Waals surface area contributed by atoms with Gasteiger partial charge in [-0.2, -0.15) is 0 Å². The molecule has 206 valence electrons. The molecule has 0 unspecified atom stereocenters. The van der Waals surface area contributed by atoms with E-state index in [-0.39, 0.29) is 18.2 Å². The highest BCUT2D eigenvalue weighted by Gasteiger charge is 2.46. The van der Waals surface area contributed by atoms with Gasteiger partial charge in [-0.05, 0) is 54.7 Å². The van der Waals surface area contributed by atoms with Crippen LogP contribution in [0.15, 0.2) is 30.5 Å². The van der Waals surface area contributed by atoms with Crippen molar-refractivity contribution >= 4 is 34.4 Å². The number of likely N-dealkylation sites (tertiary alicyclic amines) is 1. The molecule has 0 spiro atoms. The van der Waals surface area contributed by atoms with E-state index in [2.05, 4.69) is 10.3 Å². The first kappa shape index (κ1) is 27.8. The van der Waals surface area contributed by atoms with Gasteiger partial charge in [-0.1, -0.05) is 51.2 Å². The molecule has 1 aromatic heterocycles. The molecule has 38 heavy (non-hydrogen) atoms. The average molecular weight is 524 g/mol. The molecule has 0 radical (unpaired) electrons. The van der Waals surface area contributed by atoms with E-state index >= 15 is 0 Å². The smallest absolute Gasteiger partial charge is 0.308 e. The first-order chi connectivity index (χ1) is 18.3. The number of amides is 2. The minimum atomic E-state index is -1.37. The maximum absolute atomic E-state index is 13.9. The number of esters is 1. The Bertz CT molecular complexity index is 1150. The van der Waals surface area contributed by atoms with Gasteiger partial charge in [0.15, 0.2) is 0 Å². The number of nitrogen functional groups attached to an aromatic ring is 1. The van der Waals surface area contributed by atoms with Gasteiger partial charge in [0.1, 0.15) is 17.4 Å². The summed E-state index contributed by atoms with van der Waals surface area (Å²) in [4.78, 5) is 45.5. The molecule has 1 aromatic carbocycles. The number of hydrogen-bond donors (Lipinski definition) is 3. The van der Waals surface area contributed by atoms with Crippen LogP contribution >= 0.6 is 0 Å². The van der Waals surface area contributed by atoms with Crippen molar-refractivity contribution in [1.29, 1.82) is 0 Å². The lowest BCUT2D eigenvalue weighted by atomic mass is 9.77. The number of pyridine rings is 1. The van der Waals surface area contributed by atoms with Crippen molar-refractivity contribution in [2.75, 3.05) is 18.9 Å². The van der Waals surface area contributed by atoms with Crippen molar-refractivity contribution in [3.63, 3.8) is 0 Å². The summed E-state index contributed by atoms with van der Waals surface area (Å²) in [6, 6.07) is 7.06. The third-order valence-electron chi connectivity index (χ3n) is 7.87. The largest absolute Gasteiger partial charge is 0.466 e. The second-order valence-corrected chi connectivity index (χ2v) is 10.9. The number of benzene rings is 1. The Kier molecular flexibility index (Phi) is 9.20. The van der Waals surface area contributed by atoms with Crippen LogP contribution in [-0.4, -0.2) is 52.4 Å². The summed E-state index contributed by atoms with van der Waals surface area (Å²) in [6.07, 6.45) is 9.35. The molecule has 2 atom stereocenters. The molecule has 4 rings (SSSR count). The fraction of sp³-hybridized carbons (Fsp3) is 0.586. The number of ether oxygens (including phenoxy) is 1. The lowest BCUT2D eigenvalue weighted by Crippen LogP contribution is -2.60. The Labute approximate surface area is 224 Å². The molecule has 5 N–H and O–H groups in total. The van der Waals surface area contributed by atoms with Crippen LogP contribution in [0.25, 0.3) is 10.8 Å². The van der Waals surface area contributed by atoms with E-state index in [1.165, 1.54) is 6.42 Å². The summed E-state index contributed by atoms with van der Waals surface area (Å²) in [6.45, 7) is 3.01. The summed E-state index contributed by atoms with van der Waals surface area (Å²) in [5, 5.41) is 4.81. The third kappa shape index (κ3) is 6.62. The molecule has 2 amide bonds. The minimum Gasteiger partial charge on any atom is -0.466 e. The molecule has 1 aliphatic heterocycles. The Hall–Kier alpha value is -3.20. The molecule has 9 nitrogen and oxygen atoms in total. The Balaban J connectivity index is 1.45. The number of carbonyl (C=O) groups excluding carboxylic acids is 3. The zero-order valence-corrected chi connectivity index (χ0v) is 22.4. The SMILES string of the molecule is CCCOC(=O)C[C@](N)(CC1CCCCC1)C(=O)N1CCC[C@H]1C(=O)NCc1ccc2c(N)nccc2c1. The molecule has 0 bridgehead atoms. The first-order valence-corrected chi connectivity index (χ1v) is 14.0. The predicted molar refractivity (Wildman–Crippen MR) is 147 cm³/mol. The van der Waals surface area contributed by atoms with E-state index in [4.69, 9.17) is 16.2 Å². The fourth-order valence-electron chi connectivity index (χ4n) is 5.90. The summed E-state index contributed by atoms with van der Waals surface area (Å²) >= 11 is 0. The van der Waals surface area contributed by atoms with Crippen molar-refractivity contribution in [2.24, 2.45) is 11.7 Å². The number of anilines is 1. The first-order valence-electron chi connectivity index (χ1n) is 14.0. The lowest BCUT2D eigenvalue weighted by molar-refractivity contribution is -0.152. The van der Waals surface area contributed by atoms with E-state index < -0.39 is 17.6 Å². The van der Waals surface area contributed by atoms with Gasteiger partial charge in [0.25, 0.3) is 0 Å². The van der Waals surface area contributed by atoms with Crippen LogP contribution in [0, 0.1) is 5.92 Å². The monoisotopic (exact) mass is 523 g/mol. The summed E-state index contributed by atoms with van der Waals surface area (Å²) in [5.74, 6) is -0.216. The molecule has 1 saturated carbocycles. The topological polar surface area (TPSA) is 141 Å². The molecule has 1 aliphatic carbocycles. The summed E-state index contributed by atoms with van der Waals surface area (Å²) in [5.41, 5.74) is 12.3. The number of carbonyl (C=O) groups is 3. The van der Waals surface area contributed by atoms with Crippen LogP contribution in [0.4, 0.5) is 5.82 Å². The summed E-state index contributed by atoms with van der Waals surface area (Å²) < 4.78 is 5.31. The quantitative estimate of drug-likeness (QED) is 0.405. The number of aromatic nitrogens is 1. The van der Waals surface area contributed by atoms with E-state index in [9.17, 15) is 14.4 Å². The molecular formula is C29H41N5O4. The number of nitrogens with one attached hydrogen (secondary N) is 1. The highest BCUT2D eigenvalue weighted by atomic mass is 16.5. The molecule has 9 heteroatoms. The van der Waals surface area contributed by atoms with Crippen molar-refractivity contribution in [3.05, 3.63) is 36.0 Å². The molecule has 1 saturated heterocycles. The Morgan fingerprint density at radius 3 is 2.68 bits per heavy atom. The van der Waals surface area contributed by atoms with Crippen molar-refractivity contribution in [3.8, 4) is 0 Å². The van der Waals surface area contributed by atoms with E-state index in [1.54, 1.807) is 11.1 Å². The average Bonchev–Trinajstić information content (AvgIpc) is 3.40. The van der Waals surface area contributed by atoms with Crippen LogP contribution in [0.1, 0.15) is 76.7 Å². The van der Waals surface area contributed by atoms with Gasteiger partial charge in [-0.25, -0.2) is 4.98 Å². The molecule has 2 aromatic rings. The van der Waals surface area contributed by atoms with Crippen LogP contribution in [0.3, 0.4) is 0 Å². The van der Waals surface area contributed by atoms with Crippen molar-refractivity contribution in [1.82, 2.24) is 15.2 Å². The molecule has 2 aliphatic rings. The summed E-state index contributed by atoms with van der Waals surface area (Å²) in [7, 11) is 0. The highest BCUT2D eigenvalue weighted by molar-refractivity contribution is 5.95. The number of hydrogen-bond acceptors (Lipinski definition) is 7. The van der Waals surface area contributed by atoms with Crippen LogP contribution in [0.5, 0.6) is 0 Å². The van der Waals surface area contributed by atoms with Gasteiger partial charge >= 0.3 is 5.97 Å².